The summed E-state index contributed by atoms with van der Waals surface area (Å²) in [6.45, 7) is 0.871. The monoisotopic (exact) mass is 325 g/mol. The van der Waals surface area contributed by atoms with Crippen LogP contribution in [-0.2, 0) is 6.42 Å². The molecule has 0 fully saturated rings. The Morgan fingerprint density at radius 2 is 1.94 bits per heavy atom. The number of nitrogens with zero attached hydrogens (tertiary/aromatic N) is 3. The van der Waals surface area contributed by atoms with Crippen LogP contribution in [0.1, 0.15) is 5.56 Å². The van der Waals surface area contributed by atoms with Gasteiger partial charge >= 0.3 is 0 Å². The molecule has 1 aromatic heterocycles. The first-order chi connectivity index (χ1) is 8.68. The predicted molar refractivity (Wildman–Crippen MR) is 78.2 cm³/mol. The SMILES string of the molecule is CN(CCc1ccccc1)c1ncnc(Cl)c1Br. The molecule has 2 rings (SSSR count). The fourth-order valence-corrected chi connectivity index (χ4v) is 2.29. The normalized spacial score (nSPS) is 10.4. The quantitative estimate of drug-likeness (QED) is 0.804. The summed E-state index contributed by atoms with van der Waals surface area (Å²) < 4.78 is 0.738. The van der Waals surface area contributed by atoms with Crippen LogP contribution in [0, 0.1) is 0 Å². The molecule has 1 heterocycles. The highest BCUT2D eigenvalue weighted by Crippen LogP contribution is 2.28. The molecule has 0 N–H and O–H groups in total. The summed E-state index contributed by atoms with van der Waals surface area (Å²) in [5, 5.41) is 0.437. The minimum atomic E-state index is 0.437. The number of hydrogen-bond donors (Lipinski definition) is 0. The Balaban J connectivity index is 2.04. The molecule has 0 radical (unpaired) electrons. The molecule has 0 spiro atoms. The van der Waals surface area contributed by atoms with Gasteiger partial charge in [-0.3, -0.25) is 0 Å². The Labute approximate surface area is 120 Å². The molecule has 2 aromatic rings. The van der Waals surface area contributed by atoms with E-state index < -0.39 is 0 Å². The van der Waals surface area contributed by atoms with Crippen molar-refractivity contribution in [1.29, 1.82) is 0 Å². The summed E-state index contributed by atoms with van der Waals surface area (Å²) in [6.07, 6.45) is 2.44. The molecule has 0 aliphatic rings. The second-order valence-electron chi connectivity index (χ2n) is 3.96. The minimum absolute atomic E-state index is 0.437. The number of anilines is 1. The molecular formula is C13H13BrClN3. The minimum Gasteiger partial charge on any atom is -0.358 e. The third kappa shape index (κ3) is 3.21. The van der Waals surface area contributed by atoms with E-state index >= 15 is 0 Å². The highest BCUT2D eigenvalue weighted by molar-refractivity contribution is 9.10. The van der Waals surface area contributed by atoms with Crippen molar-refractivity contribution in [3.8, 4) is 0 Å². The van der Waals surface area contributed by atoms with Crippen molar-refractivity contribution in [2.45, 2.75) is 6.42 Å². The Hall–Kier alpha value is -1.13. The zero-order chi connectivity index (χ0) is 13.0. The lowest BCUT2D eigenvalue weighted by molar-refractivity contribution is 0.852. The van der Waals surface area contributed by atoms with Crippen molar-refractivity contribution >= 4 is 33.3 Å². The van der Waals surface area contributed by atoms with E-state index in [1.807, 2.05) is 25.2 Å². The number of halogens is 2. The van der Waals surface area contributed by atoms with Crippen molar-refractivity contribution in [3.63, 3.8) is 0 Å². The molecule has 0 atom stereocenters. The van der Waals surface area contributed by atoms with Crippen LogP contribution in [0.5, 0.6) is 0 Å². The first-order valence-corrected chi connectivity index (χ1v) is 6.76. The molecule has 18 heavy (non-hydrogen) atoms. The van der Waals surface area contributed by atoms with Crippen molar-refractivity contribution in [2.75, 3.05) is 18.5 Å². The van der Waals surface area contributed by atoms with E-state index in [9.17, 15) is 0 Å². The van der Waals surface area contributed by atoms with Crippen LogP contribution in [0.4, 0.5) is 5.82 Å². The molecular weight excluding hydrogens is 314 g/mol. The number of benzene rings is 1. The largest absolute Gasteiger partial charge is 0.358 e. The average molecular weight is 327 g/mol. The summed E-state index contributed by atoms with van der Waals surface area (Å²) >= 11 is 9.36. The lowest BCUT2D eigenvalue weighted by Gasteiger charge is -2.19. The van der Waals surface area contributed by atoms with Gasteiger partial charge in [0.25, 0.3) is 0 Å². The topological polar surface area (TPSA) is 29.0 Å². The second-order valence-corrected chi connectivity index (χ2v) is 5.11. The van der Waals surface area contributed by atoms with Gasteiger partial charge in [0, 0.05) is 13.6 Å². The van der Waals surface area contributed by atoms with Crippen molar-refractivity contribution in [2.24, 2.45) is 0 Å². The fraction of sp³-hybridized carbons (Fsp3) is 0.231. The molecule has 0 saturated carbocycles. The fourth-order valence-electron chi connectivity index (χ4n) is 1.65. The van der Waals surface area contributed by atoms with E-state index in [4.69, 9.17) is 11.6 Å². The van der Waals surface area contributed by atoms with Crippen LogP contribution >= 0.6 is 27.5 Å². The maximum absolute atomic E-state index is 5.95. The average Bonchev–Trinajstić information content (AvgIpc) is 2.40. The van der Waals surface area contributed by atoms with Crippen molar-refractivity contribution in [3.05, 3.63) is 51.8 Å². The standard InChI is InChI=1S/C13H13BrClN3/c1-18(8-7-10-5-3-2-4-6-10)13-11(14)12(15)16-9-17-13/h2-6,9H,7-8H2,1H3. The molecule has 0 aliphatic heterocycles. The molecule has 0 saturated heterocycles. The lowest BCUT2D eigenvalue weighted by atomic mass is 10.1. The van der Waals surface area contributed by atoms with Gasteiger partial charge < -0.3 is 4.90 Å². The van der Waals surface area contributed by atoms with Crippen LogP contribution < -0.4 is 4.90 Å². The Kier molecular flexibility index (Phi) is 4.55. The number of aromatic nitrogens is 2. The van der Waals surface area contributed by atoms with E-state index in [2.05, 4.69) is 42.9 Å². The Bertz CT molecular complexity index is 519. The van der Waals surface area contributed by atoms with Crippen molar-refractivity contribution < 1.29 is 0 Å². The van der Waals surface area contributed by atoms with Gasteiger partial charge in [-0.1, -0.05) is 41.9 Å². The van der Waals surface area contributed by atoms with Gasteiger partial charge in [-0.05, 0) is 27.9 Å². The summed E-state index contributed by atoms with van der Waals surface area (Å²) in [5.74, 6) is 0.811. The Morgan fingerprint density at radius 1 is 1.22 bits per heavy atom. The van der Waals surface area contributed by atoms with Gasteiger partial charge in [0.1, 0.15) is 17.3 Å². The summed E-state index contributed by atoms with van der Waals surface area (Å²) in [4.78, 5) is 10.2. The maximum atomic E-state index is 5.95. The predicted octanol–water partition coefficient (Wildman–Crippen LogP) is 3.57. The maximum Gasteiger partial charge on any atom is 0.148 e. The first kappa shape index (κ1) is 13.3. The third-order valence-corrected chi connectivity index (χ3v) is 3.91. The summed E-state index contributed by atoms with van der Waals surface area (Å²) in [7, 11) is 1.99. The van der Waals surface area contributed by atoms with Crippen molar-refractivity contribution in [1.82, 2.24) is 9.97 Å². The zero-order valence-electron chi connectivity index (χ0n) is 9.98. The third-order valence-electron chi connectivity index (χ3n) is 2.67. The van der Waals surface area contributed by atoms with E-state index in [0.717, 1.165) is 23.3 Å². The van der Waals surface area contributed by atoms with Crippen LogP contribution in [0.15, 0.2) is 41.1 Å². The van der Waals surface area contributed by atoms with E-state index in [0.29, 0.717) is 5.15 Å². The summed E-state index contributed by atoms with van der Waals surface area (Å²) in [6, 6.07) is 10.4. The van der Waals surface area contributed by atoms with E-state index in [1.54, 1.807) is 0 Å². The van der Waals surface area contributed by atoms with Crippen LogP contribution in [-0.4, -0.2) is 23.6 Å². The zero-order valence-corrected chi connectivity index (χ0v) is 12.3. The second kappa shape index (κ2) is 6.16. The van der Waals surface area contributed by atoms with E-state index in [-0.39, 0.29) is 0 Å². The highest BCUT2D eigenvalue weighted by Gasteiger charge is 2.10. The number of rotatable bonds is 4. The van der Waals surface area contributed by atoms with E-state index in [1.165, 1.54) is 11.9 Å². The highest BCUT2D eigenvalue weighted by atomic mass is 79.9. The van der Waals surface area contributed by atoms with Gasteiger partial charge in [-0.15, -0.1) is 0 Å². The molecule has 3 nitrogen and oxygen atoms in total. The molecule has 0 amide bonds. The molecule has 0 bridgehead atoms. The Morgan fingerprint density at radius 3 is 2.67 bits per heavy atom. The number of hydrogen-bond acceptors (Lipinski definition) is 3. The molecule has 5 heteroatoms. The van der Waals surface area contributed by atoms with Gasteiger partial charge in [0.15, 0.2) is 0 Å². The molecule has 1 aromatic carbocycles. The van der Waals surface area contributed by atoms with Gasteiger partial charge in [-0.25, -0.2) is 9.97 Å². The molecule has 0 aliphatic carbocycles. The number of likely N-dealkylation sites (N-methyl/N-ethyl adjacent to an activating group) is 1. The molecule has 94 valence electrons. The van der Waals surface area contributed by atoms with Gasteiger partial charge in [0.05, 0.1) is 4.47 Å². The van der Waals surface area contributed by atoms with Gasteiger partial charge in [-0.2, -0.15) is 0 Å². The smallest absolute Gasteiger partial charge is 0.148 e. The van der Waals surface area contributed by atoms with Crippen LogP contribution in [0.25, 0.3) is 0 Å². The molecule has 0 unspecified atom stereocenters. The summed E-state index contributed by atoms with van der Waals surface area (Å²) in [5.41, 5.74) is 1.31. The van der Waals surface area contributed by atoms with Crippen LogP contribution in [0.2, 0.25) is 5.15 Å². The first-order valence-electron chi connectivity index (χ1n) is 5.59. The van der Waals surface area contributed by atoms with Crippen LogP contribution in [0.3, 0.4) is 0 Å². The lowest BCUT2D eigenvalue weighted by Crippen LogP contribution is -2.22. The van der Waals surface area contributed by atoms with Gasteiger partial charge in [0.2, 0.25) is 0 Å².